The molecule has 0 spiro atoms. The van der Waals surface area contributed by atoms with E-state index in [4.69, 9.17) is 9.15 Å². The number of thioether (sulfide) groups is 1. The summed E-state index contributed by atoms with van der Waals surface area (Å²) >= 11 is -0.253. The average Bonchev–Trinajstić information content (AvgIpc) is 3.09. The molecule has 1 heterocycles. The summed E-state index contributed by atoms with van der Waals surface area (Å²) in [5, 5.41) is 9.98. The van der Waals surface area contributed by atoms with Gasteiger partial charge in [-0.2, -0.15) is 13.2 Å². The summed E-state index contributed by atoms with van der Waals surface area (Å²) < 4.78 is 47.4. The number of anilines is 1. The second kappa shape index (κ2) is 7.70. The number of hydrogen-bond acceptors (Lipinski definition) is 6. The highest BCUT2D eigenvalue weighted by Gasteiger charge is 2.29. The number of nitrogens with zero attached hydrogens (tertiary/aromatic N) is 2. The van der Waals surface area contributed by atoms with Crippen molar-refractivity contribution in [2.75, 3.05) is 12.4 Å². The molecule has 2 aromatic carbocycles. The van der Waals surface area contributed by atoms with Crippen molar-refractivity contribution < 1.29 is 27.1 Å². The Morgan fingerprint density at radius 2 is 1.74 bits per heavy atom. The quantitative estimate of drug-likeness (QED) is 0.636. The van der Waals surface area contributed by atoms with Gasteiger partial charge in [-0.25, -0.2) is 0 Å². The highest BCUT2D eigenvalue weighted by molar-refractivity contribution is 8.00. The van der Waals surface area contributed by atoms with Gasteiger partial charge >= 0.3 is 11.5 Å². The molecule has 0 radical (unpaired) electrons. The Hall–Kier alpha value is -3.01. The summed E-state index contributed by atoms with van der Waals surface area (Å²) in [5.74, 6) is 0.285. The predicted octanol–water partition coefficient (Wildman–Crippen LogP) is 4.61. The number of nitrogens with one attached hydrogen (secondary N) is 1. The largest absolute Gasteiger partial charge is 0.497 e. The number of carbonyl (C=O) groups excluding carboxylic acids is 1. The molecular formula is C17H12F3N3O3S. The van der Waals surface area contributed by atoms with Crippen LogP contribution >= 0.6 is 11.8 Å². The number of benzene rings is 2. The fourth-order valence-corrected chi connectivity index (χ4v) is 2.64. The van der Waals surface area contributed by atoms with Crippen LogP contribution in [-0.2, 0) is 0 Å². The number of amides is 1. The van der Waals surface area contributed by atoms with Crippen LogP contribution in [0.1, 0.15) is 10.4 Å². The van der Waals surface area contributed by atoms with Crippen molar-refractivity contribution in [2.45, 2.75) is 10.4 Å². The van der Waals surface area contributed by atoms with Crippen LogP contribution in [0, 0.1) is 0 Å². The maximum Gasteiger partial charge on any atom is 0.446 e. The molecule has 27 heavy (non-hydrogen) atoms. The number of rotatable bonds is 5. The molecule has 0 aliphatic heterocycles. The first-order valence-electron chi connectivity index (χ1n) is 7.49. The van der Waals surface area contributed by atoms with Gasteiger partial charge in [0, 0.05) is 16.0 Å². The van der Waals surface area contributed by atoms with Gasteiger partial charge in [0.15, 0.2) is 0 Å². The second-order valence-electron chi connectivity index (χ2n) is 5.17. The molecule has 0 aliphatic rings. The minimum atomic E-state index is -4.38. The van der Waals surface area contributed by atoms with E-state index in [0.717, 1.165) is 0 Å². The molecule has 0 unspecified atom stereocenters. The first kappa shape index (κ1) is 18.8. The van der Waals surface area contributed by atoms with E-state index in [2.05, 4.69) is 15.5 Å². The average molecular weight is 395 g/mol. The fraction of sp³-hybridized carbons (Fsp3) is 0.118. The van der Waals surface area contributed by atoms with Crippen LogP contribution in [-0.4, -0.2) is 28.7 Å². The van der Waals surface area contributed by atoms with Gasteiger partial charge in [0.05, 0.1) is 7.11 Å². The van der Waals surface area contributed by atoms with Gasteiger partial charge in [-0.05, 0) is 60.3 Å². The maximum absolute atomic E-state index is 12.3. The zero-order chi connectivity index (χ0) is 19.4. The van der Waals surface area contributed by atoms with Crippen LogP contribution in [0.4, 0.5) is 19.2 Å². The second-order valence-corrected chi connectivity index (χ2v) is 6.31. The molecule has 10 heteroatoms. The van der Waals surface area contributed by atoms with Gasteiger partial charge in [-0.3, -0.25) is 10.1 Å². The highest BCUT2D eigenvalue weighted by Crippen LogP contribution is 2.36. The molecule has 3 aromatic rings. The Labute approximate surface area is 155 Å². The predicted molar refractivity (Wildman–Crippen MR) is 92.6 cm³/mol. The zero-order valence-corrected chi connectivity index (χ0v) is 14.6. The van der Waals surface area contributed by atoms with Gasteiger partial charge in [-0.1, -0.05) is 5.10 Å². The van der Waals surface area contributed by atoms with Crippen LogP contribution in [0.3, 0.4) is 0 Å². The van der Waals surface area contributed by atoms with E-state index in [1.807, 2.05) is 0 Å². The van der Waals surface area contributed by atoms with E-state index >= 15 is 0 Å². The van der Waals surface area contributed by atoms with E-state index in [9.17, 15) is 18.0 Å². The Bertz CT molecular complexity index is 925. The third-order valence-corrected chi connectivity index (χ3v) is 4.07. The van der Waals surface area contributed by atoms with E-state index < -0.39 is 11.4 Å². The lowest BCUT2D eigenvalue weighted by molar-refractivity contribution is -0.0328. The van der Waals surface area contributed by atoms with Crippen LogP contribution in [0.5, 0.6) is 5.75 Å². The summed E-state index contributed by atoms with van der Waals surface area (Å²) in [4.78, 5) is 12.1. The summed E-state index contributed by atoms with van der Waals surface area (Å²) in [5.41, 5.74) is -3.59. The third kappa shape index (κ3) is 5.00. The van der Waals surface area contributed by atoms with Crippen molar-refractivity contribution in [3.8, 4) is 17.2 Å². The number of hydrogen-bond donors (Lipinski definition) is 1. The molecule has 0 fully saturated rings. The zero-order valence-electron chi connectivity index (χ0n) is 13.8. The molecular weight excluding hydrogens is 383 g/mol. The van der Waals surface area contributed by atoms with E-state index in [1.165, 1.54) is 24.3 Å². The number of aromatic nitrogens is 2. The maximum atomic E-state index is 12.3. The molecule has 1 N–H and O–H groups in total. The molecule has 1 amide bonds. The minimum absolute atomic E-state index is 0.0152. The number of ether oxygens (including phenoxy) is 1. The van der Waals surface area contributed by atoms with Crippen molar-refractivity contribution in [1.82, 2.24) is 10.2 Å². The van der Waals surface area contributed by atoms with Crippen molar-refractivity contribution >= 4 is 23.7 Å². The molecule has 0 bridgehead atoms. The molecule has 0 saturated carbocycles. The lowest BCUT2D eigenvalue weighted by Gasteiger charge is -2.06. The summed E-state index contributed by atoms with van der Waals surface area (Å²) in [6.45, 7) is 0. The van der Waals surface area contributed by atoms with Crippen molar-refractivity contribution in [1.29, 1.82) is 0 Å². The normalized spacial score (nSPS) is 11.3. The molecule has 0 aliphatic carbocycles. The molecule has 0 saturated heterocycles. The lowest BCUT2D eigenvalue weighted by atomic mass is 10.2. The molecule has 140 valence electrons. The Balaban J connectivity index is 1.66. The minimum Gasteiger partial charge on any atom is -0.497 e. The Morgan fingerprint density at radius 3 is 2.33 bits per heavy atom. The van der Waals surface area contributed by atoms with Crippen LogP contribution in [0.2, 0.25) is 0 Å². The summed E-state index contributed by atoms with van der Waals surface area (Å²) in [6, 6.07) is 11.7. The SMILES string of the molecule is COc1ccc(-c2nnc(NC(=O)c3ccc(SC(F)(F)F)cc3)o2)cc1. The standard InChI is InChI=1S/C17H12F3N3O3S/c1-25-12-6-2-11(3-7-12)15-22-23-16(26-15)21-14(24)10-4-8-13(9-5-10)27-17(18,19)20/h2-9H,1H3,(H,21,23,24). The molecule has 0 atom stereocenters. The smallest absolute Gasteiger partial charge is 0.446 e. The van der Waals surface area contributed by atoms with Gasteiger partial charge in [0.2, 0.25) is 5.89 Å². The Kier molecular flexibility index (Phi) is 5.36. The van der Waals surface area contributed by atoms with Crippen LogP contribution < -0.4 is 10.1 Å². The summed E-state index contributed by atoms with van der Waals surface area (Å²) in [6.07, 6.45) is 0. The van der Waals surface area contributed by atoms with Gasteiger partial charge in [-0.15, -0.1) is 5.10 Å². The lowest BCUT2D eigenvalue weighted by Crippen LogP contribution is -2.12. The van der Waals surface area contributed by atoms with Crippen LogP contribution in [0.15, 0.2) is 57.8 Å². The topological polar surface area (TPSA) is 77.3 Å². The van der Waals surface area contributed by atoms with Crippen molar-refractivity contribution in [3.05, 3.63) is 54.1 Å². The van der Waals surface area contributed by atoms with Crippen molar-refractivity contribution in [3.63, 3.8) is 0 Å². The molecule has 1 aromatic heterocycles. The Morgan fingerprint density at radius 1 is 1.07 bits per heavy atom. The number of halogens is 3. The van der Waals surface area contributed by atoms with Crippen LogP contribution in [0.25, 0.3) is 11.5 Å². The number of alkyl halides is 3. The molecule has 3 rings (SSSR count). The van der Waals surface area contributed by atoms with E-state index in [0.29, 0.717) is 11.3 Å². The first-order valence-corrected chi connectivity index (χ1v) is 8.31. The fourth-order valence-electron chi connectivity index (χ4n) is 2.10. The van der Waals surface area contributed by atoms with Gasteiger partial charge in [0.25, 0.3) is 5.91 Å². The third-order valence-electron chi connectivity index (χ3n) is 3.33. The van der Waals surface area contributed by atoms with Gasteiger partial charge < -0.3 is 9.15 Å². The number of methoxy groups -OCH3 is 1. The highest BCUT2D eigenvalue weighted by atomic mass is 32.2. The first-order chi connectivity index (χ1) is 12.8. The summed E-state index contributed by atoms with van der Waals surface area (Å²) in [7, 11) is 1.55. The number of carbonyl (C=O) groups is 1. The monoisotopic (exact) mass is 395 g/mol. The molecule has 6 nitrogen and oxygen atoms in total. The van der Waals surface area contributed by atoms with E-state index in [1.54, 1.807) is 31.4 Å². The van der Waals surface area contributed by atoms with E-state index in [-0.39, 0.29) is 34.1 Å². The van der Waals surface area contributed by atoms with Crippen molar-refractivity contribution in [2.24, 2.45) is 0 Å². The van der Waals surface area contributed by atoms with Gasteiger partial charge in [0.1, 0.15) is 5.75 Å².